The van der Waals surface area contributed by atoms with Gasteiger partial charge >= 0.3 is 0 Å². The molecular weight excluding hydrogens is 412 g/mol. The average Bonchev–Trinajstić information content (AvgIpc) is 2.81. The van der Waals surface area contributed by atoms with Gasteiger partial charge in [-0.15, -0.1) is 13.0 Å². The van der Waals surface area contributed by atoms with Crippen LogP contribution in [-0.4, -0.2) is 11.4 Å². The fourth-order valence-electron chi connectivity index (χ4n) is 4.31. The minimum Gasteiger partial charge on any atom is -0.298 e. The zero-order valence-electron chi connectivity index (χ0n) is 21.7. The number of aryl methyl sites for hydroxylation is 2. The van der Waals surface area contributed by atoms with Gasteiger partial charge in [-0.3, -0.25) is 5.41 Å². The summed E-state index contributed by atoms with van der Waals surface area (Å²) in [4.78, 5) is 4.83. The molecule has 0 amide bonds. The molecule has 1 N–H and O–H groups in total. The molecule has 2 heteroatoms. The Morgan fingerprint density at radius 1 is 1.18 bits per heavy atom. The van der Waals surface area contributed by atoms with Crippen LogP contribution < -0.4 is 0 Å². The van der Waals surface area contributed by atoms with Crippen LogP contribution in [0.5, 0.6) is 0 Å². The van der Waals surface area contributed by atoms with Gasteiger partial charge in [0, 0.05) is 5.56 Å². The monoisotopic (exact) mass is 452 g/mol. The Kier molecular flexibility index (Phi) is 10.8. The molecule has 0 unspecified atom stereocenters. The Balaban J connectivity index is 2.41. The van der Waals surface area contributed by atoms with E-state index >= 15 is 0 Å². The molecule has 0 spiro atoms. The van der Waals surface area contributed by atoms with Crippen molar-refractivity contribution >= 4 is 17.1 Å². The molecule has 0 aliphatic heterocycles. The summed E-state index contributed by atoms with van der Waals surface area (Å²) in [5.41, 5.74) is 10.1. The van der Waals surface area contributed by atoms with Crippen LogP contribution in [0.15, 0.2) is 76.4 Å². The van der Waals surface area contributed by atoms with E-state index in [0.29, 0.717) is 5.71 Å². The van der Waals surface area contributed by atoms with E-state index in [9.17, 15) is 0 Å². The third kappa shape index (κ3) is 7.42. The Morgan fingerprint density at radius 2 is 1.91 bits per heavy atom. The fourth-order valence-corrected chi connectivity index (χ4v) is 4.31. The van der Waals surface area contributed by atoms with Gasteiger partial charge in [0.1, 0.15) is 5.71 Å². The molecule has 0 atom stereocenters. The number of nitrogens with zero attached hydrogens (tertiary/aromatic N) is 1. The van der Waals surface area contributed by atoms with Gasteiger partial charge < -0.3 is 0 Å². The van der Waals surface area contributed by atoms with Crippen LogP contribution in [-0.2, 0) is 12.8 Å². The lowest BCUT2D eigenvalue weighted by atomic mass is 9.91. The maximum atomic E-state index is 8.75. The van der Waals surface area contributed by atoms with E-state index in [1.807, 2.05) is 26.0 Å². The smallest absolute Gasteiger partial charge is 0.138 e. The number of nitrogens with one attached hydrogen (secondary N) is 1. The fraction of sp³-hybridized carbons (Fsp3) is 0.375. The topological polar surface area (TPSA) is 36.2 Å². The summed E-state index contributed by atoms with van der Waals surface area (Å²) in [7, 11) is 0. The van der Waals surface area contributed by atoms with Crippen molar-refractivity contribution in [3.63, 3.8) is 0 Å². The van der Waals surface area contributed by atoms with Crippen molar-refractivity contribution in [1.29, 1.82) is 5.41 Å². The minimum absolute atomic E-state index is 0.273. The molecule has 1 aromatic carbocycles. The van der Waals surface area contributed by atoms with Crippen LogP contribution in [0.2, 0.25) is 0 Å². The summed E-state index contributed by atoms with van der Waals surface area (Å²) in [5, 5.41) is 8.75. The number of hydrogen-bond donors (Lipinski definition) is 1. The lowest BCUT2D eigenvalue weighted by Gasteiger charge is -2.15. The summed E-state index contributed by atoms with van der Waals surface area (Å²) in [6.07, 6.45) is 21.1. The number of benzene rings is 1. The first kappa shape index (κ1) is 27.1. The van der Waals surface area contributed by atoms with Crippen LogP contribution in [0.3, 0.4) is 0 Å². The number of aliphatic imine (C=N–C) groups is 1. The van der Waals surface area contributed by atoms with Gasteiger partial charge in [-0.05, 0) is 94.1 Å². The maximum absolute atomic E-state index is 8.75. The molecule has 0 saturated carbocycles. The highest BCUT2D eigenvalue weighted by atomic mass is 14.8. The second kappa shape index (κ2) is 13.5. The molecule has 2 nitrogen and oxygen atoms in total. The minimum atomic E-state index is 0.273. The predicted octanol–water partition coefficient (Wildman–Crippen LogP) is 8.61. The molecule has 1 aliphatic rings. The number of hydrogen-bond acceptors (Lipinski definition) is 2. The largest absolute Gasteiger partial charge is 0.298 e. The Morgan fingerprint density at radius 3 is 2.50 bits per heavy atom. The van der Waals surface area contributed by atoms with Crippen LogP contribution >= 0.6 is 0 Å². The standard InChI is InChI=1S/C32H40N2/c1-8-14-25(20-28-17-13-12-16-24(28)7)21-30(33)31(11-4)34-32(23(5)6)29-19-18-27(15-9-2)26(10-3)22-29/h4,8,16-19,21-22,33H,1,9-10,12-15,20H2,2-3,5-7H3/b25-21-,33-30?,34-31?. The van der Waals surface area contributed by atoms with Crippen molar-refractivity contribution in [2.24, 2.45) is 4.99 Å². The number of allylic oxidation sites excluding steroid dienone is 8. The number of terminal acetylenes is 1. The third-order valence-electron chi connectivity index (χ3n) is 6.16. The average molecular weight is 453 g/mol. The summed E-state index contributed by atoms with van der Waals surface area (Å²) >= 11 is 0. The molecule has 1 aromatic rings. The van der Waals surface area contributed by atoms with Crippen molar-refractivity contribution in [1.82, 2.24) is 0 Å². The van der Waals surface area contributed by atoms with E-state index in [-0.39, 0.29) is 5.71 Å². The third-order valence-corrected chi connectivity index (χ3v) is 6.16. The van der Waals surface area contributed by atoms with Gasteiger partial charge in [0.15, 0.2) is 0 Å². The van der Waals surface area contributed by atoms with Crippen molar-refractivity contribution in [2.75, 3.05) is 0 Å². The molecule has 34 heavy (non-hydrogen) atoms. The highest BCUT2D eigenvalue weighted by Crippen LogP contribution is 2.27. The van der Waals surface area contributed by atoms with Crippen LogP contribution in [0, 0.1) is 17.8 Å². The van der Waals surface area contributed by atoms with Gasteiger partial charge in [-0.2, -0.15) is 0 Å². The van der Waals surface area contributed by atoms with E-state index < -0.39 is 0 Å². The van der Waals surface area contributed by atoms with E-state index in [4.69, 9.17) is 16.8 Å². The molecule has 1 aliphatic carbocycles. The molecule has 0 aromatic heterocycles. The zero-order chi connectivity index (χ0) is 25.1. The van der Waals surface area contributed by atoms with Crippen molar-refractivity contribution in [3.8, 4) is 12.3 Å². The van der Waals surface area contributed by atoms with Crippen molar-refractivity contribution in [2.45, 2.75) is 79.6 Å². The van der Waals surface area contributed by atoms with Crippen LogP contribution in [0.25, 0.3) is 5.70 Å². The molecule has 0 heterocycles. The van der Waals surface area contributed by atoms with Crippen LogP contribution in [0.1, 0.15) is 83.4 Å². The second-order valence-electron chi connectivity index (χ2n) is 9.12. The second-order valence-corrected chi connectivity index (χ2v) is 9.12. The van der Waals surface area contributed by atoms with Crippen molar-refractivity contribution in [3.05, 3.63) is 88.1 Å². The molecule has 2 rings (SSSR count). The lowest BCUT2D eigenvalue weighted by Crippen LogP contribution is -2.10. The molecule has 0 radical (unpaired) electrons. The van der Waals surface area contributed by atoms with Crippen molar-refractivity contribution < 1.29 is 0 Å². The summed E-state index contributed by atoms with van der Waals surface area (Å²) in [6.45, 7) is 14.6. The van der Waals surface area contributed by atoms with Gasteiger partial charge in [0.2, 0.25) is 0 Å². The first-order valence-corrected chi connectivity index (χ1v) is 12.4. The Hall–Kier alpha value is -3.18. The molecular formula is C32H40N2. The predicted molar refractivity (Wildman–Crippen MR) is 151 cm³/mol. The van der Waals surface area contributed by atoms with E-state index in [1.54, 1.807) is 0 Å². The highest BCUT2D eigenvalue weighted by Gasteiger charge is 2.12. The quantitative estimate of drug-likeness (QED) is 0.198. The first-order chi connectivity index (χ1) is 16.3. The zero-order valence-corrected chi connectivity index (χ0v) is 21.7. The molecule has 178 valence electrons. The summed E-state index contributed by atoms with van der Waals surface area (Å²) < 4.78 is 0. The normalized spacial score (nSPS) is 14.1. The first-order valence-electron chi connectivity index (χ1n) is 12.4. The summed E-state index contributed by atoms with van der Waals surface area (Å²) in [6, 6.07) is 6.59. The van der Waals surface area contributed by atoms with E-state index in [0.717, 1.165) is 67.4 Å². The van der Waals surface area contributed by atoms with E-state index in [2.05, 4.69) is 63.6 Å². The van der Waals surface area contributed by atoms with Gasteiger partial charge in [-0.1, -0.05) is 67.3 Å². The van der Waals surface area contributed by atoms with Gasteiger partial charge in [0.05, 0.1) is 11.4 Å². The molecule has 0 saturated heterocycles. The van der Waals surface area contributed by atoms with E-state index in [1.165, 1.54) is 22.3 Å². The Bertz CT molecular complexity index is 1110. The molecule has 0 fully saturated rings. The Labute approximate surface area is 207 Å². The van der Waals surface area contributed by atoms with Gasteiger partial charge in [-0.25, -0.2) is 4.99 Å². The van der Waals surface area contributed by atoms with Crippen LogP contribution in [0.4, 0.5) is 0 Å². The highest BCUT2D eigenvalue weighted by molar-refractivity contribution is 6.51. The van der Waals surface area contributed by atoms with Gasteiger partial charge in [0.25, 0.3) is 0 Å². The molecule has 0 bridgehead atoms. The maximum Gasteiger partial charge on any atom is 0.138 e. The SMILES string of the molecule is C#CC(=NC(=C(C)C)c1ccc(CCC)c(CC)c1)C(=N)/C=C(/CC=C)CC1=CCCC=C1C. The summed E-state index contributed by atoms with van der Waals surface area (Å²) in [5.74, 6) is 2.67. The number of rotatable bonds is 11. The lowest BCUT2D eigenvalue weighted by molar-refractivity contribution is 0.899.